The van der Waals surface area contributed by atoms with Crippen molar-refractivity contribution in [3.63, 3.8) is 0 Å². The molecule has 0 aliphatic carbocycles. The van der Waals surface area contributed by atoms with Crippen LogP contribution in [0.2, 0.25) is 0 Å². The Labute approximate surface area is 150 Å². The minimum Gasteiger partial charge on any atom is -0.394 e. The van der Waals surface area contributed by atoms with E-state index in [1.54, 1.807) is 0 Å². The zero-order valence-electron chi connectivity index (χ0n) is 15.9. The van der Waals surface area contributed by atoms with Gasteiger partial charge in [-0.2, -0.15) is 0 Å². The molecule has 0 radical (unpaired) electrons. The Balaban J connectivity index is 4.03. The van der Waals surface area contributed by atoms with Crippen molar-refractivity contribution in [3.05, 3.63) is 0 Å². The van der Waals surface area contributed by atoms with E-state index in [0.717, 1.165) is 12.8 Å². The molecule has 25 heavy (non-hydrogen) atoms. The van der Waals surface area contributed by atoms with E-state index < -0.39 is 18.6 Å². The Morgan fingerprint density at radius 2 is 1.64 bits per heavy atom. The first-order valence-corrected chi connectivity index (χ1v) is 8.94. The molecule has 0 spiro atoms. The maximum absolute atomic E-state index is 11.9. The number of aliphatic hydroxyl groups excluding tert-OH is 1. The highest BCUT2D eigenvalue weighted by atomic mass is 16.3. The molecule has 0 aromatic heterocycles. The van der Waals surface area contributed by atoms with E-state index in [4.69, 9.17) is 0 Å². The Morgan fingerprint density at radius 3 is 2.20 bits per heavy atom. The van der Waals surface area contributed by atoms with Gasteiger partial charge in [-0.05, 0) is 18.8 Å². The van der Waals surface area contributed by atoms with Gasteiger partial charge in [-0.1, -0.05) is 27.7 Å². The van der Waals surface area contributed by atoms with E-state index in [1.165, 1.54) is 0 Å². The van der Waals surface area contributed by atoms with Gasteiger partial charge in [0.25, 0.3) is 0 Å². The van der Waals surface area contributed by atoms with E-state index in [1.807, 2.05) is 13.8 Å². The molecule has 0 aromatic rings. The lowest BCUT2D eigenvalue weighted by Crippen LogP contribution is -2.51. The molecule has 0 bridgehead atoms. The third kappa shape index (κ3) is 13.3. The second-order valence-electron chi connectivity index (χ2n) is 6.77. The number of amides is 3. The normalized spacial score (nSPS) is 12.1. The summed E-state index contributed by atoms with van der Waals surface area (Å²) in [6.45, 7) is 8.52. The number of hydrogen-bond donors (Lipinski definition) is 5. The van der Waals surface area contributed by atoms with E-state index in [2.05, 4.69) is 35.1 Å². The van der Waals surface area contributed by atoms with Crippen molar-refractivity contribution < 1.29 is 19.5 Å². The van der Waals surface area contributed by atoms with Crippen LogP contribution in [0.4, 0.5) is 0 Å². The Hall–Kier alpha value is -1.67. The van der Waals surface area contributed by atoms with Crippen molar-refractivity contribution in [2.45, 2.75) is 59.0 Å². The molecule has 0 rings (SSSR count). The molecule has 1 atom stereocenters. The Kier molecular flexibility index (Phi) is 12.7. The maximum Gasteiger partial charge on any atom is 0.245 e. The fourth-order valence-corrected chi connectivity index (χ4v) is 2.03. The summed E-state index contributed by atoms with van der Waals surface area (Å²) in [5.41, 5.74) is 0. The molecule has 8 nitrogen and oxygen atoms in total. The monoisotopic (exact) mass is 358 g/mol. The summed E-state index contributed by atoms with van der Waals surface area (Å²) in [6, 6.07) is -0.788. The van der Waals surface area contributed by atoms with E-state index in [-0.39, 0.29) is 30.8 Å². The summed E-state index contributed by atoms with van der Waals surface area (Å²) in [7, 11) is 0. The van der Waals surface area contributed by atoms with Crippen LogP contribution in [-0.4, -0.2) is 61.2 Å². The highest BCUT2D eigenvalue weighted by Crippen LogP contribution is 2.01. The average Bonchev–Trinajstić information content (AvgIpc) is 2.53. The molecule has 0 fully saturated rings. The van der Waals surface area contributed by atoms with Gasteiger partial charge in [0, 0.05) is 25.6 Å². The molecule has 0 heterocycles. The molecule has 0 saturated heterocycles. The van der Waals surface area contributed by atoms with Crippen molar-refractivity contribution in [2.75, 3.05) is 26.2 Å². The lowest BCUT2D eigenvalue weighted by Gasteiger charge is -2.16. The van der Waals surface area contributed by atoms with Crippen LogP contribution in [0.5, 0.6) is 0 Å². The second-order valence-corrected chi connectivity index (χ2v) is 6.77. The first-order chi connectivity index (χ1) is 11.8. The first-order valence-electron chi connectivity index (χ1n) is 8.94. The van der Waals surface area contributed by atoms with Gasteiger partial charge in [0.1, 0.15) is 6.04 Å². The molecular weight excluding hydrogens is 324 g/mol. The predicted octanol–water partition coefficient (Wildman–Crippen LogP) is -0.480. The zero-order chi connectivity index (χ0) is 19.2. The van der Waals surface area contributed by atoms with Gasteiger partial charge in [-0.25, -0.2) is 0 Å². The lowest BCUT2D eigenvalue weighted by molar-refractivity contribution is -0.131. The van der Waals surface area contributed by atoms with Crippen molar-refractivity contribution in [1.82, 2.24) is 21.3 Å². The molecular formula is C17H34N4O4. The van der Waals surface area contributed by atoms with Crippen LogP contribution < -0.4 is 21.3 Å². The van der Waals surface area contributed by atoms with Crippen molar-refractivity contribution >= 4 is 17.7 Å². The van der Waals surface area contributed by atoms with Crippen LogP contribution in [0.25, 0.3) is 0 Å². The van der Waals surface area contributed by atoms with Crippen LogP contribution in [0.3, 0.4) is 0 Å². The quantitative estimate of drug-likeness (QED) is 0.285. The van der Waals surface area contributed by atoms with Crippen LogP contribution in [0.1, 0.15) is 47.0 Å². The number of rotatable bonds is 13. The highest BCUT2D eigenvalue weighted by Gasteiger charge is 2.20. The van der Waals surface area contributed by atoms with Gasteiger partial charge in [0.15, 0.2) is 0 Å². The summed E-state index contributed by atoms with van der Waals surface area (Å²) in [4.78, 5) is 35.3. The molecule has 0 aliphatic heterocycles. The smallest absolute Gasteiger partial charge is 0.245 e. The number of hydrogen-bond acceptors (Lipinski definition) is 5. The predicted molar refractivity (Wildman–Crippen MR) is 96.9 cm³/mol. The summed E-state index contributed by atoms with van der Waals surface area (Å²) in [5.74, 6) is -0.618. The third-order valence-corrected chi connectivity index (χ3v) is 3.44. The molecule has 1 unspecified atom stereocenters. The SMILES string of the molecule is CC(C)CCCNC(=O)CNC(=O)C(CO)NC(=O)CCNC(C)C. The molecule has 146 valence electrons. The number of carbonyl (C=O) groups excluding carboxylic acids is 3. The van der Waals surface area contributed by atoms with Crippen molar-refractivity contribution in [1.29, 1.82) is 0 Å². The van der Waals surface area contributed by atoms with E-state index >= 15 is 0 Å². The Morgan fingerprint density at radius 1 is 0.960 bits per heavy atom. The van der Waals surface area contributed by atoms with Crippen molar-refractivity contribution in [2.24, 2.45) is 5.92 Å². The topological polar surface area (TPSA) is 120 Å². The lowest BCUT2D eigenvalue weighted by atomic mass is 10.1. The first kappa shape index (κ1) is 23.3. The molecule has 0 saturated carbocycles. The van der Waals surface area contributed by atoms with E-state index in [9.17, 15) is 19.5 Å². The fourth-order valence-electron chi connectivity index (χ4n) is 2.03. The van der Waals surface area contributed by atoms with Crippen LogP contribution >= 0.6 is 0 Å². The summed E-state index contributed by atoms with van der Waals surface area (Å²) in [6.07, 6.45) is 2.12. The zero-order valence-corrected chi connectivity index (χ0v) is 15.9. The highest BCUT2D eigenvalue weighted by molar-refractivity contribution is 5.90. The van der Waals surface area contributed by atoms with Crippen LogP contribution in [-0.2, 0) is 14.4 Å². The third-order valence-electron chi connectivity index (χ3n) is 3.44. The summed E-state index contributed by atoms with van der Waals surface area (Å²) >= 11 is 0. The number of aliphatic hydroxyl groups is 1. The van der Waals surface area contributed by atoms with Crippen molar-refractivity contribution in [3.8, 4) is 0 Å². The Bertz CT molecular complexity index is 413. The maximum atomic E-state index is 11.9. The number of carbonyl (C=O) groups is 3. The average molecular weight is 358 g/mol. The van der Waals surface area contributed by atoms with Gasteiger partial charge in [0.2, 0.25) is 17.7 Å². The minimum atomic E-state index is -1.06. The van der Waals surface area contributed by atoms with Gasteiger partial charge in [-0.3, -0.25) is 14.4 Å². The van der Waals surface area contributed by atoms with Gasteiger partial charge in [-0.15, -0.1) is 0 Å². The van der Waals surface area contributed by atoms with Gasteiger partial charge in [0.05, 0.1) is 13.2 Å². The summed E-state index contributed by atoms with van der Waals surface area (Å²) in [5, 5.41) is 19.9. The molecule has 0 aliphatic rings. The second kappa shape index (κ2) is 13.6. The van der Waals surface area contributed by atoms with Crippen LogP contribution in [0.15, 0.2) is 0 Å². The van der Waals surface area contributed by atoms with Gasteiger partial charge < -0.3 is 26.4 Å². The van der Waals surface area contributed by atoms with Crippen LogP contribution in [0, 0.1) is 5.92 Å². The molecule has 8 heteroatoms. The van der Waals surface area contributed by atoms with E-state index in [0.29, 0.717) is 19.0 Å². The number of nitrogens with one attached hydrogen (secondary N) is 4. The molecule has 3 amide bonds. The minimum absolute atomic E-state index is 0.179. The standard InChI is InChI=1S/C17H34N4O4/c1-12(2)6-5-8-19-16(24)10-20-17(25)14(11-22)21-15(23)7-9-18-13(3)4/h12-14,18,22H,5-11H2,1-4H3,(H,19,24)(H,20,25)(H,21,23). The summed E-state index contributed by atoms with van der Waals surface area (Å²) < 4.78 is 0. The molecule has 0 aromatic carbocycles. The largest absolute Gasteiger partial charge is 0.394 e. The molecule has 5 N–H and O–H groups in total. The van der Waals surface area contributed by atoms with Gasteiger partial charge >= 0.3 is 0 Å². The fraction of sp³-hybridized carbons (Fsp3) is 0.824.